The van der Waals surface area contributed by atoms with Gasteiger partial charge in [0.1, 0.15) is 0 Å². The molecule has 0 aliphatic rings. The fourth-order valence-corrected chi connectivity index (χ4v) is 1.37. The van der Waals surface area contributed by atoms with Crippen LogP contribution in [-0.2, 0) is 4.74 Å². The molecular formula is C11H17N3O3. The fraction of sp³-hybridized carbons (Fsp3) is 0.545. The van der Waals surface area contributed by atoms with E-state index in [1.807, 2.05) is 13.8 Å². The van der Waals surface area contributed by atoms with Gasteiger partial charge < -0.3 is 10.1 Å². The van der Waals surface area contributed by atoms with Crippen molar-refractivity contribution >= 4 is 11.5 Å². The second-order valence-corrected chi connectivity index (χ2v) is 3.84. The van der Waals surface area contributed by atoms with Crippen LogP contribution >= 0.6 is 0 Å². The quantitative estimate of drug-likeness (QED) is 0.607. The molecule has 0 aliphatic carbocycles. The van der Waals surface area contributed by atoms with Crippen LogP contribution in [0.5, 0.6) is 0 Å². The highest BCUT2D eigenvalue weighted by Crippen LogP contribution is 2.22. The van der Waals surface area contributed by atoms with Crippen molar-refractivity contribution in [3.63, 3.8) is 0 Å². The first kappa shape index (κ1) is 13.4. The second-order valence-electron chi connectivity index (χ2n) is 3.84. The molecule has 0 fully saturated rings. The first-order chi connectivity index (χ1) is 8.04. The molecule has 0 amide bonds. The van der Waals surface area contributed by atoms with Crippen molar-refractivity contribution < 1.29 is 9.66 Å². The number of nitrogens with one attached hydrogen (secondary N) is 1. The number of rotatable bonds is 6. The minimum atomic E-state index is -0.435. The maximum atomic E-state index is 10.9. The van der Waals surface area contributed by atoms with E-state index in [2.05, 4.69) is 10.3 Å². The lowest BCUT2D eigenvalue weighted by molar-refractivity contribution is -0.384. The Hall–Kier alpha value is -1.69. The molecular weight excluding hydrogens is 222 g/mol. The summed E-state index contributed by atoms with van der Waals surface area (Å²) < 4.78 is 5.23. The number of aromatic nitrogens is 1. The lowest BCUT2D eigenvalue weighted by atomic mass is 10.2. The van der Waals surface area contributed by atoms with Gasteiger partial charge in [-0.2, -0.15) is 0 Å². The van der Waals surface area contributed by atoms with E-state index in [0.717, 1.165) is 5.56 Å². The Bertz CT molecular complexity index is 396. The van der Waals surface area contributed by atoms with Gasteiger partial charge in [0, 0.05) is 24.9 Å². The number of nitro groups is 1. The van der Waals surface area contributed by atoms with Crippen LogP contribution in [0.15, 0.2) is 12.3 Å². The summed E-state index contributed by atoms with van der Waals surface area (Å²) >= 11 is 0. The number of ether oxygens (including phenoxy) is 1. The van der Waals surface area contributed by atoms with Gasteiger partial charge in [-0.3, -0.25) is 10.1 Å². The van der Waals surface area contributed by atoms with Gasteiger partial charge in [-0.1, -0.05) is 0 Å². The SMILES string of the molecule is CCOCC(C)Nc1ncc(C)cc1[N+](=O)[O-]. The first-order valence-corrected chi connectivity index (χ1v) is 5.50. The smallest absolute Gasteiger partial charge is 0.311 e. The number of hydrogen-bond acceptors (Lipinski definition) is 5. The van der Waals surface area contributed by atoms with Crippen LogP contribution in [0, 0.1) is 17.0 Å². The molecule has 1 aromatic heterocycles. The molecule has 94 valence electrons. The Morgan fingerprint density at radius 1 is 1.65 bits per heavy atom. The van der Waals surface area contributed by atoms with E-state index >= 15 is 0 Å². The van der Waals surface area contributed by atoms with Crippen molar-refractivity contribution in [2.24, 2.45) is 0 Å². The fourth-order valence-electron chi connectivity index (χ4n) is 1.37. The van der Waals surface area contributed by atoms with Gasteiger partial charge in [0.25, 0.3) is 0 Å². The summed E-state index contributed by atoms with van der Waals surface area (Å²) in [6, 6.07) is 1.48. The largest absolute Gasteiger partial charge is 0.380 e. The Morgan fingerprint density at radius 2 is 2.35 bits per heavy atom. The molecule has 0 saturated carbocycles. The van der Waals surface area contributed by atoms with Gasteiger partial charge in [-0.05, 0) is 26.3 Å². The third-order valence-electron chi connectivity index (χ3n) is 2.16. The molecule has 0 saturated heterocycles. The Balaban J connectivity index is 2.79. The molecule has 0 radical (unpaired) electrons. The molecule has 0 aliphatic heterocycles. The molecule has 0 spiro atoms. The van der Waals surface area contributed by atoms with Crippen molar-refractivity contribution in [3.8, 4) is 0 Å². The molecule has 1 rings (SSSR count). The average Bonchev–Trinajstić information content (AvgIpc) is 2.28. The van der Waals surface area contributed by atoms with Gasteiger partial charge in [-0.15, -0.1) is 0 Å². The minimum absolute atomic E-state index is 0.00616. The van der Waals surface area contributed by atoms with Crippen LogP contribution in [0.1, 0.15) is 19.4 Å². The number of hydrogen-bond donors (Lipinski definition) is 1. The van der Waals surface area contributed by atoms with E-state index < -0.39 is 4.92 Å². The maximum Gasteiger partial charge on any atom is 0.311 e. The van der Waals surface area contributed by atoms with Crippen molar-refractivity contribution in [3.05, 3.63) is 27.9 Å². The summed E-state index contributed by atoms with van der Waals surface area (Å²) in [7, 11) is 0. The lowest BCUT2D eigenvalue weighted by Gasteiger charge is -2.14. The van der Waals surface area contributed by atoms with Crippen LogP contribution in [0.4, 0.5) is 11.5 Å². The average molecular weight is 239 g/mol. The van der Waals surface area contributed by atoms with Gasteiger partial charge in [-0.25, -0.2) is 4.98 Å². The van der Waals surface area contributed by atoms with Crippen LogP contribution in [-0.4, -0.2) is 29.2 Å². The third kappa shape index (κ3) is 3.99. The highest BCUT2D eigenvalue weighted by atomic mass is 16.6. The molecule has 1 unspecified atom stereocenters. The standard InChI is InChI=1S/C11H17N3O3/c1-4-17-7-9(3)13-11-10(14(15)16)5-8(2)6-12-11/h5-6,9H,4,7H2,1-3H3,(H,12,13). The van der Waals surface area contributed by atoms with E-state index in [9.17, 15) is 10.1 Å². The van der Waals surface area contributed by atoms with Crippen molar-refractivity contribution in [1.82, 2.24) is 4.98 Å². The lowest BCUT2D eigenvalue weighted by Crippen LogP contribution is -2.23. The molecule has 1 heterocycles. The monoisotopic (exact) mass is 239 g/mol. The van der Waals surface area contributed by atoms with Gasteiger partial charge >= 0.3 is 5.69 Å². The summed E-state index contributed by atoms with van der Waals surface area (Å²) in [5, 5.41) is 13.8. The summed E-state index contributed by atoms with van der Waals surface area (Å²) in [6.45, 7) is 6.67. The zero-order valence-electron chi connectivity index (χ0n) is 10.3. The summed E-state index contributed by atoms with van der Waals surface area (Å²) in [5.74, 6) is 0.285. The van der Waals surface area contributed by atoms with E-state index in [0.29, 0.717) is 13.2 Å². The van der Waals surface area contributed by atoms with Crippen molar-refractivity contribution in [2.45, 2.75) is 26.8 Å². The van der Waals surface area contributed by atoms with Crippen molar-refractivity contribution in [2.75, 3.05) is 18.5 Å². The normalized spacial score (nSPS) is 12.2. The van der Waals surface area contributed by atoms with E-state index in [4.69, 9.17) is 4.74 Å². The first-order valence-electron chi connectivity index (χ1n) is 5.50. The zero-order valence-corrected chi connectivity index (χ0v) is 10.3. The van der Waals surface area contributed by atoms with Crippen LogP contribution in [0.2, 0.25) is 0 Å². The number of anilines is 1. The molecule has 0 bridgehead atoms. The number of pyridine rings is 1. The van der Waals surface area contributed by atoms with E-state index in [1.165, 1.54) is 6.07 Å². The molecule has 17 heavy (non-hydrogen) atoms. The predicted octanol–water partition coefficient (Wildman–Crippen LogP) is 2.14. The van der Waals surface area contributed by atoms with Gasteiger partial charge in [0.2, 0.25) is 5.82 Å². The zero-order chi connectivity index (χ0) is 12.8. The molecule has 1 atom stereocenters. The van der Waals surface area contributed by atoms with Crippen LogP contribution in [0.3, 0.4) is 0 Å². The molecule has 1 N–H and O–H groups in total. The van der Waals surface area contributed by atoms with Crippen LogP contribution < -0.4 is 5.32 Å². The highest BCUT2D eigenvalue weighted by Gasteiger charge is 2.16. The summed E-state index contributed by atoms with van der Waals surface area (Å²) in [4.78, 5) is 14.5. The summed E-state index contributed by atoms with van der Waals surface area (Å²) in [6.07, 6.45) is 1.60. The Morgan fingerprint density at radius 3 is 2.94 bits per heavy atom. The molecule has 0 aromatic carbocycles. The topological polar surface area (TPSA) is 77.3 Å². The second kappa shape index (κ2) is 6.15. The third-order valence-corrected chi connectivity index (χ3v) is 2.16. The van der Waals surface area contributed by atoms with Gasteiger partial charge in [0.15, 0.2) is 0 Å². The maximum absolute atomic E-state index is 10.9. The number of nitrogens with zero attached hydrogens (tertiary/aromatic N) is 2. The van der Waals surface area contributed by atoms with E-state index in [1.54, 1.807) is 13.1 Å². The molecule has 1 aromatic rings. The minimum Gasteiger partial charge on any atom is -0.380 e. The molecule has 6 heteroatoms. The number of aryl methyl sites for hydroxylation is 1. The predicted molar refractivity (Wildman–Crippen MR) is 65.2 cm³/mol. The summed E-state index contributed by atoms with van der Waals surface area (Å²) in [5.41, 5.74) is 0.757. The van der Waals surface area contributed by atoms with Gasteiger partial charge in [0.05, 0.1) is 11.5 Å². The highest BCUT2D eigenvalue weighted by molar-refractivity contribution is 5.56. The Labute approximate surface area is 100 Å². The van der Waals surface area contributed by atoms with E-state index in [-0.39, 0.29) is 17.5 Å². The molecule has 6 nitrogen and oxygen atoms in total. The Kier molecular flexibility index (Phi) is 4.84. The van der Waals surface area contributed by atoms with Crippen LogP contribution in [0.25, 0.3) is 0 Å². The van der Waals surface area contributed by atoms with Crippen molar-refractivity contribution in [1.29, 1.82) is 0 Å².